The summed E-state index contributed by atoms with van der Waals surface area (Å²) in [5, 5.41) is 10.4. The second-order valence-electron chi connectivity index (χ2n) is 2.75. The minimum atomic E-state index is -0.417. The third-order valence-corrected chi connectivity index (χ3v) is 1.84. The fraction of sp³-hybridized carbons (Fsp3) is 0.250. The van der Waals surface area contributed by atoms with Crippen molar-refractivity contribution in [2.75, 3.05) is 0 Å². The molecule has 0 bridgehead atoms. The number of benzene rings is 1. The predicted molar refractivity (Wildman–Crippen MR) is 48.9 cm³/mol. The summed E-state index contributed by atoms with van der Waals surface area (Å²) in [5.41, 5.74) is 4.40. The first-order valence-electron chi connectivity index (χ1n) is 3.82. The van der Waals surface area contributed by atoms with Crippen LogP contribution in [0.25, 0.3) is 0 Å². The van der Waals surface area contributed by atoms with E-state index in [0.29, 0.717) is 6.54 Å². The Morgan fingerprint density at radius 1 is 1.62 bits per heavy atom. The minimum Gasteiger partial charge on any atom is -0.271 e. The largest absolute Gasteiger partial charge is 0.271 e. The molecule has 0 aliphatic heterocycles. The number of nitro groups is 1. The van der Waals surface area contributed by atoms with Crippen LogP contribution >= 0.6 is 0 Å². The van der Waals surface area contributed by atoms with Crippen molar-refractivity contribution in [2.45, 2.75) is 13.5 Å². The van der Waals surface area contributed by atoms with E-state index in [2.05, 4.69) is 5.43 Å². The van der Waals surface area contributed by atoms with E-state index in [9.17, 15) is 10.1 Å². The molecule has 0 spiro atoms. The molecule has 13 heavy (non-hydrogen) atoms. The molecule has 1 rings (SSSR count). The zero-order valence-corrected chi connectivity index (χ0v) is 7.28. The van der Waals surface area contributed by atoms with Crippen LogP contribution in [0.5, 0.6) is 0 Å². The molecule has 0 aliphatic rings. The van der Waals surface area contributed by atoms with Crippen molar-refractivity contribution in [1.29, 1.82) is 0 Å². The second-order valence-corrected chi connectivity index (χ2v) is 2.75. The first kappa shape index (κ1) is 9.63. The highest BCUT2D eigenvalue weighted by atomic mass is 16.6. The summed E-state index contributed by atoms with van der Waals surface area (Å²) in [7, 11) is 0. The van der Waals surface area contributed by atoms with Gasteiger partial charge in [0, 0.05) is 18.7 Å². The van der Waals surface area contributed by atoms with Crippen molar-refractivity contribution < 1.29 is 4.92 Å². The molecular weight excluding hydrogens is 170 g/mol. The third-order valence-electron chi connectivity index (χ3n) is 1.84. The number of non-ortho nitro benzene ring substituents is 1. The number of nitrogens with one attached hydrogen (secondary N) is 1. The van der Waals surface area contributed by atoms with Gasteiger partial charge in [0.2, 0.25) is 0 Å². The molecule has 0 aliphatic carbocycles. The summed E-state index contributed by atoms with van der Waals surface area (Å²) in [5.74, 6) is 5.14. The third kappa shape index (κ3) is 2.24. The summed E-state index contributed by atoms with van der Waals surface area (Å²) in [4.78, 5) is 10.0. The Balaban J connectivity index is 3.03. The van der Waals surface area contributed by atoms with E-state index in [-0.39, 0.29) is 5.69 Å². The van der Waals surface area contributed by atoms with E-state index in [1.807, 2.05) is 6.92 Å². The highest BCUT2D eigenvalue weighted by Crippen LogP contribution is 2.16. The van der Waals surface area contributed by atoms with E-state index in [1.165, 1.54) is 12.1 Å². The van der Waals surface area contributed by atoms with Crippen molar-refractivity contribution in [1.82, 2.24) is 5.43 Å². The maximum Gasteiger partial charge on any atom is 0.269 e. The Kier molecular flexibility index (Phi) is 2.94. The lowest BCUT2D eigenvalue weighted by Gasteiger charge is -2.03. The Morgan fingerprint density at radius 3 is 2.85 bits per heavy atom. The molecule has 3 N–H and O–H groups in total. The number of nitrogens with two attached hydrogens (primary N) is 1. The van der Waals surface area contributed by atoms with Crippen molar-refractivity contribution in [3.8, 4) is 0 Å². The normalized spacial score (nSPS) is 10.0. The van der Waals surface area contributed by atoms with Gasteiger partial charge in [-0.2, -0.15) is 0 Å². The molecule has 0 saturated heterocycles. The van der Waals surface area contributed by atoms with Gasteiger partial charge in [-0.3, -0.25) is 21.4 Å². The van der Waals surface area contributed by atoms with Gasteiger partial charge in [0.25, 0.3) is 5.69 Å². The average Bonchev–Trinajstić information content (AvgIpc) is 2.08. The summed E-state index contributed by atoms with van der Waals surface area (Å²) in [6.07, 6.45) is 0. The molecule has 0 radical (unpaired) electrons. The van der Waals surface area contributed by atoms with Gasteiger partial charge in [0.15, 0.2) is 0 Å². The van der Waals surface area contributed by atoms with Gasteiger partial charge >= 0.3 is 0 Å². The Bertz CT molecular complexity index is 325. The molecule has 1 aromatic rings. The number of hydrogen-bond donors (Lipinski definition) is 2. The summed E-state index contributed by atoms with van der Waals surface area (Å²) >= 11 is 0. The molecule has 0 unspecified atom stereocenters. The monoisotopic (exact) mass is 181 g/mol. The first-order chi connectivity index (χ1) is 6.15. The van der Waals surface area contributed by atoms with Crippen molar-refractivity contribution in [2.24, 2.45) is 5.84 Å². The summed E-state index contributed by atoms with van der Waals surface area (Å²) in [6.45, 7) is 2.32. The van der Waals surface area contributed by atoms with Crippen LogP contribution in [0.3, 0.4) is 0 Å². The van der Waals surface area contributed by atoms with Gasteiger partial charge < -0.3 is 0 Å². The van der Waals surface area contributed by atoms with Gasteiger partial charge in [0.1, 0.15) is 0 Å². The Hall–Kier alpha value is -1.46. The van der Waals surface area contributed by atoms with Gasteiger partial charge in [-0.25, -0.2) is 0 Å². The van der Waals surface area contributed by atoms with Gasteiger partial charge in [-0.15, -0.1) is 0 Å². The molecule has 70 valence electrons. The molecule has 0 aromatic heterocycles. The van der Waals surface area contributed by atoms with Gasteiger partial charge in [-0.05, 0) is 18.1 Å². The Morgan fingerprint density at radius 2 is 2.31 bits per heavy atom. The first-order valence-corrected chi connectivity index (χ1v) is 3.82. The maximum absolute atomic E-state index is 10.4. The average molecular weight is 181 g/mol. The van der Waals surface area contributed by atoms with Crippen molar-refractivity contribution in [3.05, 3.63) is 39.4 Å². The second kappa shape index (κ2) is 3.97. The summed E-state index contributed by atoms with van der Waals surface area (Å²) < 4.78 is 0. The lowest BCUT2D eigenvalue weighted by molar-refractivity contribution is -0.384. The molecule has 0 fully saturated rings. The van der Waals surface area contributed by atoms with Crippen LogP contribution in [0, 0.1) is 17.0 Å². The smallest absolute Gasteiger partial charge is 0.269 e. The molecule has 0 heterocycles. The zero-order chi connectivity index (χ0) is 9.84. The quantitative estimate of drug-likeness (QED) is 0.412. The SMILES string of the molecule is Cc1ccc([N+](=O)[O-])cc1CNN. The molecule has 0 amide bonds. The van der Waals surface area contributed by atoms with E-state index < -0.39 is 4.92 Å². The van der Waals surface area contributed by atoms with Crippen LogP contribution in [-0.4, -0.2) is 4.92 Å². The fourth-order valence-electron chi connectivity index (χ4n) is 1.07. The molecule has 5 nitrogen and oxygen atoms in total. The molecular formula is C8H11N3O2. The van der Waals surface area contributed by atoms with Crippen LogP contribution < -0.4 is 11.3 Å². The number of hydrazine groups is 1. The highest BCUT2D eigenvalue weighted by molar-refractivity contribution is 5.39. The van der Waals surface area contributed by atoms with Crippen LogP contribution in [0.15, 0.2) is 18.2 Å². The molecule has 0 atom stereocenters. The van der Waals surface area contributed by atoms with Crippen LogP contribution in [0.4, 0.5) is 5.69 Å². The van der Waals surface area contributed by atoms with Crippen LogP contribution in [0.1, 0.15) is 11.1 Å². The number of aryl methyl sites for hydroxylation is 1. The topological polar surface area (TPSA) is 81.2 Å². The molecule has 5 heteroatoms. The number of nitro benzene ring substituents is 1. The molecule has 0 saturated carbocycles. The van der Waals surface area contributed by atoms with Crippen LogP contribution in [-0.2, 0) is 6.54 Å². The molecule has 1 aromatic carbocycles. The van der Waals surface area contributed by atoms with E-state index in [0.717, 1.165) is 11.1 Å². The maximum atomic E-state index is 10.4. The summed E-state index contributed by atoms with van der Waals surface area (Å²) in [6, 6.07) is 4.72. The lowest BCUT2D eigenvalue weighted by atomic mass is 10.1. The minimum absolute atomic E-state index is 0.0934. The lowest BCUT2D eigenvalue weighted by Crippen LogP contribution is -2.21. The van der Waals surface area contributed by atoms with Crippen molar-refractivity contribution >= 4 is 5.69 Å². The van der Waals surface area contributed by atoms with Crippen LogP contribution in [0.2, 0.25) is 0 Å². The van der Waals surface area contributed by atoms with Gasteiger partial charge in [0.05, 0.1) is 4.92 Å². The zero-order valence-electron chi connectivity index (χ0n) is 7.28. The fourth-order valence-corrected chi connectivity index (χ4v) is 1.07. The van der Waals surface area contributed by atoms with Gasteiger partial charge in [-0.1, -0.05) is 6.07 Å². The predicted octanol–water partition coefficient (Wildman–Crippen LogP) is 0.867. The number of nitrogens with zero attached hydrogens (tertiary/aromatic N) is 1. The highest BCUT2D eigenvalue weighted by Gasteiger charge is 2.07. The number of rotatable bonds is 3. The van der Waals surface area contributed by atoms with Crippen molar-refractivity contribution in [3.63, 3.8) is 0 Å². The number of hydrogen-bond acceptors (Lipinski definition) is 4. The van der Waals surface area contributed by atoms with E-state index in [1.54, 1.807) is 6.07 Å². The van der Waals surface area contributed by atoms with E-state index >= 15 is 0 Å². The van der Waals surface area contributed by atoms with E-state index in [4.69, 9.17) is 5.84 Å². The standard InChI is InChI=1S/C8H11N3O2/c1-6-2-3-8(11(12)13)4-7(6)5-10-9/h2-4,10H,5,9H2,1H3. The Labute approximate surface area is 75.7 Å².